The number of aromatic nitrogens is 1. The number of rotatable bonds is 2. The lowest BCUT2D eigenvalue weighted by Crippen LogP contribution is -2.01. The van der Waals surface area contributed by atoms with Gasteiger partial charge < -0.3 is 11.1 Å². The van der Waals surface area contributed by atoms with Crippen molar-refractivity contribution < 1.29 is 8.78 Å². The molecular weight excluding hydrogens is 260 g/mol. The average Bonchev–Trinajstić information content (AvgIpc) is 2.46. The van der Waals surface area contributed by atoms with E-state index >= 15 is 0 Å². The maximum Gasteiger partial charge on any atom is 0.182 e. The number of fused-ring (bicyclic) bond motifs is 1. The highest BCUT2D eigenvalue weighted by atomic mass is 19.2. The van der Waals surface area contributed by atoms with E-state index in [-0.39, 0.29) is 5.69 Å². The molecule has 3 nitrogen and oxygen atoms in total. The molecule has 3 aromatic rings. The Morgan fingerprint density at radius 2 is 1.80 bits per heavy atom. The molecule has 0 fully saturated rings. The summed E-state index contributed by atoms with van der Waals surface area (Å²) in [6.07, 6.45) is 1.49. The van der Waals surface area contributed by atoms with Crippen LogP contribution >= 0.6 is 0 Å². The van der Waals surface area contributed by atoms with Crippen molar-refractivity contribution in [3.05, 3.63) is 60.3 Å². The Balaban J connectivity index is 2.15. The first-order valence-corrected chi connectivity index (χ1v) is 6.01. The SMILES string of the molecule is Nc1cnc2ccccc2c1Nc1cccc(F)c1F. The van der Waals surface area contributed by atoms with Gasteiger partial charge in [0.05, 0.1) is 28.8 Å². The molecule has 20 heavy (non-hydrogen) atoms. The van der Waals surface area contributed by atoms with Crippen LogP contribution in [-0.2, 0) is 0 Å². The summed E-state index contributed by atoms with van der Waals surface area (Å²) < 4.78 is 27.0. The van der Waals surface area contributed by atoms with Crippen molar-refractivity contribution in [2.24, 2.45) is 0 Å². The molecule has 5 heteroatoms. The van der Waals surface area contributed by atoms with Crippen LogP contribution in [0.2, 0.25) is 0 Å². The van der Waals surface area contributed by atoms with Gasteiger partial charge in [-0.25, -0.2) is 8.78 Å². The molecule has 0 unspecified atom stereocenters. The predicted octanol–water partition coefficient (Wildman–Crippen LogP) is 3.84. The smallest absolute Gasteiger partial charge is 0.182 e. The van der Waals surface area contributed by atoms with Crippen molar-refractivity contribution in [2.75, 3.05) is 11.1 Å². The number of para-hydroxylation sites is 1. The van der Waals surface area contributed by atoms with Crippen LogP contribution in [0, 0.1) is 11.6 Å². The number of nitrogens with two attached hydrogens (primary N) is 1. The number of benzene rings is 2. The maximum absolute atomic E-state index is 13.7. The van der Waals surface area contributed by atoms with E-state index in [0.717, 1.165) is 17.0 Å². The van der Waals surface area contributed by atoms with Crippen LogP contribution in [0.15, 0.2) is 48.7 Å². The Labute approximate surface area is 114 Å². The quantitative estimate of drug-likeness (QED) is 0.744. The zero-order chi connectivity index (χ0) is 14.1. The molecule has 0 spiro atoms. The fourth-order valence-electron chi connectivity index (χ4n) is 2.03. The van der Waals surface area contributed by atoms with E-state index < -0.39 is 11.6 Å². The molecule has 100 valence electrons. The summed E-state index contributed by atoms with van der Waals surface area (Å²) in [5.41, 5.74) is 7.52. The van der Waals surface area contributed by atoms with E-state index in [9.17, 15) is 8.78 Å². The molecule has 0 aliphatic rings. The minimum absolute atomic E-state index is 0.0352. The van der Waals surface area contributed by atoms with Gasteiger partial charge in [0.1, 0.15) is 0 Å². The second-order valence-corrected chi connectivity index (χ2v) is 4.33. The molecule has 0 amide bonds. The first-order valence-electron chi connectivity index (χ1n) is 6.01. The number of halogens is 2. The van der Waals surface area contributed by atoms with Crippen molar-refractivity contribution >= 4 is 28.0 Å². The summed E-state index contributed by atoms with van der Waals surface area (Å²) in [5.74, 6) is -1.85. The average molecular weight is 271 g/mol. The van der Waals surface area contributed by atoms with E-state index in [1.807, 2.05) is 24.3 Å². The Bertz CT molecular complexity index is 787. The summed E-state index contributed by atoms with van der Waals surface area (Å²) in [7, 11) is 0. The van der Waals surface area contributed by atoms with Crippen molar-refractivity contribution in [1.82, 2.24) is 4.98 Å². The molecule has 1 aromatic heterocycles. The van der Waals surface area contributed by atoms with Crippen LogP contribution in [0.1, 0.15) is 0 Å². The summed E-state index contributed by atoms with van der Waals surface area (Å²) >= 11 is 0. The largest absolute Gasteiger partial charge is 0.396 e. The summed E-state index contributed by atoms with van der Waals surface area (Å²) in [6, 6.07) is 11.3. The van der Waals surface area contributed by atoms with Gasteiger partial charge >= 0.3 is 0 Å². The van der Waals surface area contributed by atoms with E-state index in [4.69, 9.17) is 5.73 Å². The molecule has 0 aliphatic carbocycles. The van der Waals surface area contributed by atoms with Crippen LogP contribution < -0.4 is 11.1 Å². The highest BCUT2D eigenvalue weighted by Gasteiger charge is 2.11. The van der Waals surface area contributed by atoms with Crippen LogP contribution in [0.3, 0.4) is 0 Å². The molecule has 0 aliphatic heterocycles. The first-order chi connectivity index (χ1) is 9.66. The Morgan fingerprint density at radius 3 is 2.65 bits per heavy atom. The zero-order valence-corrected chi connectivity index (χ0v) is 10.4. The van der Waals surface area contributed by atoms with Crippen molar-refractivity contribution in [2.45, 2.75) is 0 Å². The summed E-state index contributed by atoms with van der Waals surface area (Å²) in [6.45, 7) is 0. The monoisotopic (exact) mass is 271 g/mol. The van der Waals surface area contributed by atoms with Gasteiger partial charge in [-0.05, 0) is 18.2 Å². The molecule has 2 aromatic carbocycles. The number of nitrogen functional groups attached to an aromatic ring is 1. The van der Waals surface area contributed by atoms with E-state index in [0.29, 0.717) is 11.4 Å². The molecule has 0 radical (unpaired) electrons. The topological polar surface area (TPSA) is 50.9 Å². The molecule has 1 heterocycles. The molecule has 0 saturated carbocycles. The lowest BCUT2D eigenvalue weighted by Gasteiger charge is -2.13. The second kappa shape index (κ2) is 4.77. The third-order valence-electron chi connectivity index (χ3n) is 3.02. The Kier molecular flexibility index (Phi) is 2.95. The van der Waals surface area contributed by atoms with Crippen molar-refractivity contribution in [3.8, 4) is 0 Å². The first kappa shape index (κ1) is 12.3. The molecule has 3 rings (SSSR count). The van der Waals surface area contributed by atoms with Gasteiger partial charge in [0.15, 0.2) is 11.6 Å². The van der Waals surface area contributed by atoms with E-state index in [2.05, 4.69) is 10.3 Å². The predicted molar refractivity (Wildman–Crippen MR) is 75.8 cm³/mol. The third kappa shape index (κ3) is 2.03. The fraction of sp³-hybridized carbons (Fsp3) is 0. The Hall–Kier alpha value is -2.69. The van der Waals surface area contributed by atoms with Gasteiger partial charge in [0.2, 0.25) is 0 Å². The zero-order valence-electron chi connectivity index (χ0n) is 10.4. The third-order valence-corrected chi connectivity index (χ3v) is 3.02. The number of hydrogen-bond acceptors (Lipinski definition) is 3. The highest BCUT2D eigenvalue weighted by Crippen LogP contribution is 2.31. The van der Waals surface area contributed by atoms with E-state index in [1.54, 1.807) is 0 Å². The van der Waals surface area contributed by atoms with Crippen LogP contribution in [0.25, 0.3) is 10.9 Å². The van der Waals surface area contributed by atoms with Gasteiger partial charge in [-0.15, -0.1) is 0 Å². The standard InChI is InChI=1S/C15H11F2N3/c16-10-5-3-7-13(14(10)17)20-15-9-4-1-2-6-12(9)19-8-11(15)18/h1-8H,18H2,(H,19,20). The van der Waals surface area contributed by atoms with Gasteiger partial charge in [0, 0.05) is 5.39 Å². The van der Waals surface area contributed by atoms with Crippen molar-refractivity contribution in [1.29, 1.82) is 0 Å². The van der Waals surface area contributed by atoms with Gasteiger partial charge in [0.25, 0.3) is 0 Å². The minimum atomic E-state index is -0.937. The molecule has 0 saturated heterocycles. The van der Waals surface area contributed by atoms with Crippen LogP contribution in [0.5, 0.6) is 0 Å². The maximum atomic E-state index is 13.7. The number of pyridine rings is 1. The fourth-order valence-corrected chi connectivity index (χ4v) is 2.03. The second-order valence-electron chi connectivity index (χ2n) is 4.33. The highest BCUT2D eigenvalue weighted by molar-refractivity contribution is 5.98. The number of hydrogen-bond donors (Lipinski definition) is 2. The lowest BCUT2D eigenvalue weighted by atomic mass is 10.1. The normalized spacial score (nSPS) is 10.7. The summed E-state index contributed by atoms with van der Waals surface area (Å²) in [4.78, 5) is 4.19. The van der Waals surface area contributed by atoms with Crippen molar-refractivity contribution in [3.63, 3.8) is 0 Å². The lowest BCUT2D eigenvalue weighted by molar-refractivity contribution is 0.512. The summed E-state index contributed by atoms with van der Waals surface area (Å²) in [5, 5.41) is 3.59. The number of nitrogens with zero attached hydrogens (tertiary/aromatic N) is 1. The van der Waals surface area contributed by atoms with Gasteiger partial charge in [-0.2, -0.15) is 0 Å². The van der Waals surface area contributed by atoms with Gasteiger partial charge in [-0.3, -0.25) is 4.98 Å². The molecule has 0 atom stereocenters. The van der Waals surface area contributed by atoms with Gasteiger partial charge in [-0.1, -0.05) is 24.3 Å². The number of nitrogens with one attached hydrogen (secondary N) is 1. The molecule has 3 N–H and O–H groups in total. The molecule has 0 bridgehead atoms. The van der Waals surface area contributed by atoms with Crippen LogP contribution in [-0.4, -0.2) is 4.98 Å². The minimum Gasteiger partial charge on any atom is -0.396 e. The van der Waals surface area contributed by atoms with E-state index in [1.165, 1.54) is 18.3 Å². The Morgan fingerprint density at radius 1 is 1.00 bits per heavy atom. The molecular formula is C15H11F2N3. The number of anilines is 3. The van der Waals surface area contributed by atoms with Crippen LogP contribution in [0.4, 0.5) is 25.8 Å².